The number of benzene rings is 2. The maximum Gasteiger partial charge on any atom is 0.286 e. The minimum atomic E-state index is -3.77. The number of nitrogens with one attached hydrogen (secondary N) is 1. The average Bonchev–Trinajstić information content (AvgIpc) is 3.52. The van der Waals surface area contributed by atoms with Gasteiger partial charge in [0.2, 0.25) is 5.88 Å². The molecule has 3 aromatic rings. The summed E-state index contributed by atoms with van der Waals surface area (Å²) in [6.07, 6.45) is 9.86. The van der Waals surface area contributed by atoms with Crippen LogP contribution in [0.2, 0.25) is 5.02 Å². The molecule has 2 amide bonds. The number of halogens is 1. The van der Waals surface area contributed by atoms with E-state index in [1.165, 1.54) is 29.1 Å². The quantitative estimate of drug-likeness (QED) is 0.277. The molecule has 2 fully saturated rings. The van der Waals surface area contributed by atoms with Crippen molar-refractivity contribution >= 4 is 39.0 Å². The van der Waals surface area contributed by atoms with E-state index in [0.29, 0.717) is 37.5 Å². The van der Waals surface area contributed by atoms with E-state index in [-0.39, 0.29) is 40.2 Å². The number of rotatable bonds is 9. The molecule has 1 spiro atoms. The van der Waals surface area contributed by atoms with Crippen LogP contribution in [0.1, 0.15) is 64.4 Å². The van der Waals surface area contributed by atoms with Gasteiger partial charge >= 0.3 is 0 Å². The fraction of sp³-hybridized carbons (Fsp3) is 0.578. The van der Waals surface area contributed by atoms with E-state index in [1.807, 2.05) is 31.2 Å². The van der Waals surface area contributed by atoms with Crippen LogP contribution in [0, 0.1) is 17.8 Å². The van der Waals surface area contributed by atoms with E-state index >= 15 is 4.21 Å². The van der Waals surface area contributed by atoms with Crippen molar-refractivity contribution < 1.29 is 32.7 Å². The molecule has 330 valence electrons. The highest BCUT2D eigenvalue weighted by atomic mass is 35.5. The second-order valence-electron chi connectivity index (χ2n) is 17.9. The highest BCUT2D eigenvalue weighted by Crippen LogP contribution is 2.47. The maximum atomic E-state index is 15.2. The number of anilines is 1. The number of nitrogens with zero attached hydrogens (tertiary/aromatic N) is 6. The number of ether oxygens (including phenoxy) is 4. The van der Waals surface area contributed by atoms with Crippen molar-refractivity contribution in [2.24, 2.45) is 29.2 Å². The van der Waals surface area contributed by atoms with Crippen molar-refractivity contribution in [1.29, 1.82) is 0 Å². The van der Waals surface area contributed by atoms with Crippen LogP contribution < -0.4 is 19.1 Å². The van der Waals surface area contributed by atoms with Crippen LogP contribution >= 0.6 is 11.6 Å². The Morgan fingerprint density at radius 2 is 1.90 bits per heavy atom. The molecular weight excluding hydrogens is 818 g/mol. The Morgan fingerprint density at radius 1 is 1.10 bits per heavy atom. The molecule has 1 saturated carbocycles. The Bertz CT molecular complexity index is 2270. The number of amides is 2. The maximum absolute atomic E-state index is 15.2. The lowest BCUT2D eigenvalue weighted by Gasteiger charge is -2.46. The minimum absolute atomic E-state index is 0.0643. The van der Waals surface area contributed by atoms with Gasteiger partial charge in [0.15, 0.2) is 0 Å². The predicted octanol–water partition coefficient (Wildman–Crippen LogP) is 5.39. The lowest BCUT2D eigenvalue weighted by molar-refractivity contribution is 0.000443. The Morgan fingerprint density at radius 3 is 2.64 bits per heavy atom. The van der Waals surface area contributed by atoms with Gasteiger partial charge in [-0.05, 0) is 99.5 Å². The first-order valence-corrected chi connectivity index (χ1v) is 23.5. The van der Waals surface area contributed by atoms with Crippen molar-refractivity contribution in [2.75, 3.05) is 84.9 Å². The van der Waals surface area contributed by atoms with Crippen LogP contribution in [0.15, 0.2) is 59.1 Å². The highest BCUT2D eigenvalue weighted by molar-refractivity contribution is 7.92. The number of carbonyl (C=O) groups excluding carboxylic acids is 2. The number of hydrogen-bond acceptors (Lipinski definition) is 11. The molecule has 7 atom stereocenters. The van der Waals surface area contributed by atoms with Crippen LogP contribution in [0.3, 0.4) is 0 Å². The van der Waals surface area contributed by atoms with Gasteiger partial charge in [-0.25, -0.2) is 4.21 Å². The summed E-state index contributed by atoms with van der Waals surface area (Å²) in [5.74, 6) is -0.724. The van der Waals surface area contributed by atoms with E-state index in [2.05, 4.69) is 61.2 Å². The summed E-state index contributed by atoms with van der Waals surface area (Å²) >= 11 is 6.51. The molecule has 1 aromatic heterocycles. The van der Waals surface area contributed by atoms with Crippen LogP contribution in [0.5, 0.6) is 11.6 Å². The van der Waals surface area contributed by atoms with Crippen molar-refractivity contribution in [1.82, 2.24) is 24.3 Å². The van der Waals surface area contributed by atoms with Gasteiger partial charge in [-0.15, -0.1) is 9.46 Å². The first kappa shape index (κ1) is 43.7. The van der Waals surface area contributed by atoms with Crippen molar-refractivity contribution in [3.8, 4) is 11.6 Å². The smallest absolute Gasteiger partial charge is 0.286 e. The lowest BCUT2D eigenvalue weighted by Crippen LogP contribution is -2.57. The fourth-order valence-corrected chi connectivity index (χ4v) is 12.0. The summed E-state index contributed by atoms with van der Waals surface area (Å²) in [6.45, 7) is 6.93. The molecule has 1 unspecified atom stereocenters. The zero-order valence-corrected chi connectivity index (χ0v) is 37.8. The number of fused-ring (bicyclic) bond motifs is 4. The molecule has 61 heavy (non-hydrogen) atoms. The van der Waals surface area contributed by atoms with Gasteiger partial charge in [0.05, 0.1) is 44.0 Å². The Kier molecular flexibility index (Phi) is 12.9. The topological polar surface area (TPSA) is 140 Å². The van der Waals surface area contributed by atoms with Crippen molar-refractivity contribution in [2.45, 2.75) is 62.7 Å². The number of carbonyl (C=O) groups is 2. The molecule has 2 aromatic carbocycles. The molecule has 2 bridgehead atoms. The van der Waals surface area contributed by atoms with Crippen LogP contribution in [-0.2, 0) is 38.3 Å². The molecular formula is C45H60ClN7O7S. The first-order valence-electron chi connectivity index (χ1n) is 21.5. The second-order valence-corrected chi connectivity index (χ2v) is 20.4. The third-order valence-electron chi connectivity index (χ3n) is 13.6. The minimum Gasteiger partial charge on any atom is -0.490 e. The second kappa shape index (κ2) is 18.0. The van der Waals surface area contributed by atoms with Gasteiger partial charge in [-0.3, -0.25) is 23.9 Å². The van der Waals surface area contributed by atoms with E-state index < -0.39 is 33.8 Å². The van der Waals surface area contributed by atoms with Crippen molar-refractivity contribution in [3.63, 3.8) is 0 Å². The predicted molar refractivity (Wildman–Crippen MR) is 236 cm³/mol. The number of aromatic nitrogens is 2. The molecule has 5 aliphatic rings. The largest absolute Gasteiger partial charge is 0.490 e. The molecule has 8 rings (SSSR count). The number of aryl methyl sites for hydroxylation is 2. The van der Waals surface area contributed by atoms with E-state index in [4.69, 9.17) is 30.5 Å². The molecule has 16 heteroatoms. The van der Waals surface area contributed by atoms with E-state index in [1.54, 1.807) is 20.2 Å². The summed E-state index contributed by atoms with van der Waals surface area (Å²) in [6, 6.07) is 12.0. The third kappa shape index (κ3) is 9.24. The third-order valence-corrected chi connectivity index (χ3v) is 15.7. The SMILES string of the molecule is COc1nn(C)cc1C(=O)NS1(=O)=NC(=O)c2ccc3c(c2)N(C[C@@H]2CC[C@H]2[C@@H](OC)/C=C/[C@H](OCCN2CC(N(C)C)C2)[C@H](C)C1)C[C@@]1(CCCc2cc(Cl)ccc21)CO3. The van der Waals surface area contributed by atoms with Gasteiger partial charge in [-0.2, -0.15) is 0 Å². The highest BCUT2D eigenvalue weighted by Gasteiger charge is 2.45. The summed E-state index contributed by atoms with van der Waals surface area (Å²) < 4.78 is 48.6. The van der Waals surface area contributed by atoms with Gasteiger partial charge in [-0.1, -0.05) is 36.7 Å². The molecule has 1 N–H and O–H groups in total. The molecule has 2 aliphatic carbocycles. The van der Waals surface area contributed by atoms with Gasteiger partial charge < -0.3 is 28.7 Å². The number of likely N-dealkylation sites (N-methyl/N-ethyl adjacent to an activating group) is 1. The van der Waals surface area contributed by atoms with Crippen LogP contribution in [-0.4, -0.2) is 134 Å². The molecule has 4 heterocycles. The lowest BCUT2D eigenvalue weighted by atomic mass is 9.68. The Balaban J connectivity index is 1.17. The first-order chi connectivity index (χ1) is 29.3. The van der Waals surface area contributed by atoms with Gasteiger partial charge in [0.25, 0.3) is 11.8 Å². The normalized spacial score (nSPS) is 29.9. The molecule has 3 aliphatic heterocycles. The average molecular weight is 879 g/mol. The zero-order valence-electron chi connectivity index (χ0n) is 36.2. The molecule has 1 saturated heterocycles. The monoisotopic (exact) mass is 877 g/mol. The summed E-state index contributed by atoms with van der Waals surface area (Å²) in [7, 11) is 5.24. The molecule has 14 nitrogen and oxygen atoms in total. The summed E-state index contributed by atoms with van der Waals surface area (Å²) in [5, 5.41) is 4.93. The fourth-order valence-electron chi connectivity index (χ4n) is 9.89. The number of hydrogen-bond donors (Lipinski definition) is 1. The standard InChI is InChI=1S/C45H60ClN7O7S/c1-29-26-61(56,49-43(55)36-25-51(4)47-44(36)58-6)48-42(54)31-10-14-41-38(21-31)53(27-45(28-60-41)17-7-8-30-20-33(46)11-13-37(30)45)22-32-9-12-35(32)40(57-5)16-15-39(29)59-19-18-52-23-34(24-52)50(2)3/h10-11,13-16,20-21,25,29,32,34-35,39-40H,7-9,12,17-19,22-24,26-28H2,1-6H3,(H,48,49,54,55,56)/b16-15+/t29-,32+,35-,39+,40+,45+,61?/m1/s1. The van der Waals surface area contributed by atoms with Gasteiger partial charge in [0.1, 0.15) is 21.2 Å². The number of likely N-dealkylation sites (tertiary alicyclic amines) is 1. The zero-order chi connectivity index (χ0) is 43.1. The summed E-state index contributed by atoms with van der Waals surface area (Å²) in [4.78, 5) is 35.3. The van der Waals surface area contributed by atoms with Crippen LogP contribution in [0.25, 0.3) is 0 Å². The van der Waals surface area contributed by atoms with Gasteiger partial charge in [0, 0.05) is 81.0 Å². The Hall–Kier alpha value is -3.99. The van der Waals surface area contributed by atoms with E-state index in [9.17, 15) is 9.59 Å². The van der Waals surface area contributed by atoms with Crippen LogP contribution in [0.4, 0.5) is 5.69 Å². The Labute approximate surface area is 365 Å². The van der Waals surface area contributed by atoms with Crippen molar-refractivity contribution in [3.05, 3.63) is 82.0 Å². The molecule has 0 radical (unpaired) electrons. The number of methoxy groups -OCH3 is 2. The van der Waals surface area contributed by atoms with E-state index in [0.717, 1.165) is 69.0 Å². The summed E-state index contributed by atoms with van der Waals surface area (Å²) in [5.41, 5.74) is 3.31.